The molecule has 0 atom stereocenters. The molecule has 19 heavy (non-hydrogen) atoms. The lowest BCUT2D eigenvalue weighted by Crippen LogP contribution is -2.29. The predicted molar refractivity (Wildman–Crippen MR) is 71.6 cm³/mol. The van der Waals surface area contributed by atoms with E-state index in [-0.39, 0.29) is 11.7 Å². The fourth-order valence-corrected chi connectivity index (χ4v) is 2.33. The summed E-state index contributed by atoms with van der Waals surface area (Å²) in [5, 5.41) is 2.77. The third-order valence-electron chi connectivity index (χ3n) is 3.40. The largest absolute Gasteiger partial charge is 0.376 e. The van der Waals surface area contributed by atoms with Crippen molar-refractivity contribution in [3.63, 3.8) is 0 Å². The third-order valence-corrected chi connectivity index (χ3v) is 3.40. The maximum atomic E-state index is 12.7. The van der Waals surface area contributed by atoms with Crippen LogP contribution in [-0.4, -0.2) is 25.2 Å². The average Bonchev–Trinajstić information content (AvgIpc) is 2.45. The van der Waals surface area contributed by atoms with E-state index in [9.17, 15) is 9.18 Å². The fourth-order valence-electron chi connectivity index (χ4n) is 2.33. The summed E-state index contributed by atoms with van der Waals surface area (Å²) in [6.07, 6.45) is 6.41. The molecule has 3 nitrogen and oxygen atoms in total. The Morgan fingerprint density at radius 2 is 1.89 bits per heavy atom. The first-order valence-corrected chi connectivity index (χ1v) is 6.91. The molecular weight excluding hydrogens is 245 g/mol. The van der Waals surface area contributed by atoms with Crippen molar-refractivity contribution in [3.05, 3.63) is 35.6 Å². The molecule has 0 spiro atoms. The van der Waals surface area contributed by atoms with Gasteiger partial charge in [0.2, 0.25) is 0 Å². The van der Waals surface area contributed by atoms with Crippen molar-refractivity contribution in [1.82, 2.24) is 5.32 Å². The van der Waals surface area contributed by atoms with Crippen LogP contribution >= 0.6 is 0 Å². The van der Waals surface area contributed by atoms with Crippen molar-refractivity contribution in [2.24, 2.45) is 0 Å². The zero-order valence-corrected chi connectivity index (χ0v) is 11.0. The minimum Gasteiger partial charge on any atom is -0.376 e. The summed E-state index contributed by atoms with van der Waals surface area (Å²) < 4.78 is 18.4. The Bertz CT molecular complexity index is 399. The number of hydrogen-bond acceptors (Lipinski definition) is 2. The van der Waals surface area contributed by atoms with Crippen LogP contribution in [0.4, 0.5) is 4.39 Å². The first kappa shape index (κ1) is 14.0. The first-order chi connectivity index (χ1) is 9.25. The van der Waals surface area contributed by atoms with Crippen molar-refractivity contribution >= 4 is 5.91 Å². The van der Waals surface area contributed by atoms with Gasteiger partial charge in [-0.15, -0.1) is 0 Å². The zero-order valence-electron chi connectivity index (χ0n) is 11.0. The van der Waals surface area contributed by atoms with Crippen LogP contribution in [0.3, 0.4) is 0 Å². The highest BCUT2D eigenvalue weighted by atomic mass is 19.1. The Kier molecular flexibility index (Phi) is 5.33. The van der Waals surface area contributed by atoms with Crippen LogP contribution in [0, 0.1) is 5.82 Å². The minimum atomic E-state index is -0.336. The normalized spacial score (nSPS) is 16.3. The molecule has 1 fully saturated rings. The van der Waals surface area contributed by atoms with E-state index in [1.54, 1.807) is 0 Å². The molecule has 0 aromatic heterocycles. The molecule has 2 rings (SSSR count). The van der Waals surface area contributed by atoms with Crippen LogP contribution in [-0.2, 0) is 4.74 Å². The van der Waals surface area contributed by atoms with Crippen molar-refractivity contribution in [1.29, 1.82) is 0 Å². The maximum Gasteiger partial charge on any atom is 0.251 e. The van der Waals surface area contributed by atoms with E-state index >= 15 is 0 Å². The second-order valence-electron chi connectivity index (χ2n) is 4.89. The number of ether oxygens (including phenoxy) is 1. The topological polar surface area (TPSA) is 38.3 Å². The highest BCUT2D eigenvalue weighted by molar-refractivity contribution is 5.94. The van der Waals surface area contributed by atoms with Gasteiger partial charge in [-0.3, -0.25) is 4.79 Å². The number of rotatable bonds is 5. The summed E-state index contributed by atoms with van der Waals surface area (Å²) in [6.45, 7) is 1.03. The number of benzene rings is 1. The van der Waals surface area contributed by atoms with Crippen molar-refractivity contribution < 1.29 is 13.9 Å². The summed E-state index contributed by atoms with van der Waals surface area (Å²) in [5.74, 6) is -0.524. The number of carbonyl (C=O) groups excluding carboxylic acids is 1. The van der Waals surface area contributed by atoms with Crippen molar-refractivity contribution in [2.45, 2.75) is 38.2 Å². The number of nitrogens with one attached hydrogen (secondary N) is 1. The van der Waals surface area contributed by atoms with Crippen LogP contribution in [0.15, 0.2) is 24.3 Å². The lowest BCUT2D eigenvalue weighted by molar-refractivity contribution is 0.0299. The zero-order chi connectivity index (χ0) is 13.5. The van der Waals surface area contributed by atoms with E-state index in [2.05, 4.69) is 5.32 Å². The van der Waals surface area contributed by atoms with E-state index in [0.29, 0.717) is 24.8 Å². The van der Waals surface area contributed by atoms with E-state index in [0.717, 1.165) is 12.8 Å². The SMILES string of the molecule is O=C(NCCOC1CCCCC1)c1ccc(F)cc1. The highest BCUT2D eigenvalue weighted by Gasteiger charge is 2.13. The van der Waals surface area contributed by atoms with Crippen LogP contribution in [0.5, 0.6) is 0 Å². The van der Waals surface area contributed by atoms with Gasteiger partial charge in [0.25, 0.3) is 5.91 Å². The van der Waals surface area contributed by atoms with Gasteiger partial charge in [-0.05, 0) is 37.1 Å². The molecule has 1 aromatic rings. The number of halogens is 1. The fraction of sp³-hybridized carbons (Fsp3) is 0.533. The van der Waals surface area contributed by atoms with Crippen LogP contribution in [0.25, 0.3) is 0 Å². The molecule has 1 aliphatic carbocycles. The molecular formula is C15H20FNO2. The maximum absolute atomic E-state index is 12.7. The molecule has 0 unspecified atom stereocenters. The van der Waals surface area contributed by atoms with E-state index in [4.69, 9.17) is 4.74 Å². The van der Waals surface area contributed by atoms with Gasteiger partial charge in [0.1, 0.15) is 5.82 Å². The Morgan fingerprint density at radius 1 is 1.21 bits per heavy atom. The van der Waals surface area contributed by atoms with Crippen LogP contribution in [0.2, 0.25) is 0 Å². The standard InChI is InChI=1S/C15H20FNO2/c16-13-8-6-12(7-9-13)15(18)17-10-11-19-14-4-2-1-3-5-14/h6-9,14H,1-5,10-11H2,(H,17,18). The Hall–Kier alpha value is -1.42. The van der Waals surface area contributed by atoms with Gasteiger partial charge >= 0.3 is 0 Å². The Labute approximate surface area is 113 Å². The summed E-state index contributed by atoms with van der Waals surface area (Å²) in [4.78, 5) is 11.7. The molecule has 0 heterocycles. The van der Waals surface area contributed by atoms with Gasteiger partial charge < -0.3 is 10.1 Å². The molecule has 0 radical (unpaired) electrons. The van der Waals surface area contributed by atoms with Crippen LogP contribution < -0.4 is 5.32 Å². The summed E-state index contributed by atoms with van der Waals surface area (Å²) in [6, 6.07) is 5.53. The van der Waals surface area contributed by atoms with Crippen LogP contribution in [0.1, 0.15) is 42.5 Å². The summed E-state index contributed by atoms with van der Waals surface area (Å²) in [5.41, 5.74) is 0.471. The molecule has 0 saturated heterocycles. The molecule has 0 bridgehead atoms. The average molecular weight is 265 g/mol. The smallest absolute Gasteiger partial charge is 0.251 e. The Balaban J connectivity index is 1.64. The summed E-state index contributed by atoms with van der Waals surface area (Å²) >= 11 is 0. The quantitative estimate of drug-likeness (QED) is 0.831. The lowest BCUT2D eigenvalue weighted by Gasteiger charge is -2.21. The third kappa shape index (κ3) is 4.63. The van der Waals surface area contributed by atoms with Crippen molar-refractivity contribution in [3.8, 4) is 0 Å². The lowest BCUT2D eigenvalue weighted by atomic mass is 9.98. The van der Waals surface area contributed by atoms with Crippen molar-refractivity contribution in [2.75, 3.05) is 13.2 Å². The first-order valence-electron chi connectivity index (χ1n) is 6.91. The second kappa shape index (κ2) is 7.24. The molecule has 104 valence electrons. The van der Waals surface area contributed by atoms with Gasteiger partial charge in [-0.25, -0.2) is 4.39 Å². The minimum absolute atomic E-state index is 0.188. The molecule has 0 aliphatic heterocycles. The van der Waals surface area contributed by atoms with E-state index in [1.807, 2.05) is 0 Å². The number of amides is 1. The molecule has 1 saturated carbocycles. The Morgan fingerprint density at radius 3 is 2.58 bits per heavy atom. The predicted octanol–water partition coefficient (Wildman–Crippen LogP) is 2.90. The number of hydrogen-bond donors (Lipinski definition) is 1. The highest BCUT2D eigenvalue weighted by Crippen LogP contribution is 2.19. The van der Waals surface area contributed by atoms with Gasteiger partial charge in [0.15, 0.2) is 0 Å². The van der Waals surface area contributed by atoms with Gasteiger partial charge in [-0.1, -0.05) is 19.3 Å². The van der Waals surface area contributed by atoms with Gasteiger partial charge in [0, 0.05) is 12.1 Å². The molecule has 1 amide bonds. The molecule has 1 aliphatic rings. The van der Waals surface area contributed by atoms with Gasteiger partial charge in [0.05, 0.1) is 12.7 Å². The second-order valence-corrected chi connectivity index (χ2v) is 4.89. The van der Waals surface area contributed by atoms with Gasteiger partial charge in [-0.2, -0.15) is 0 Å². The monoisotopic (exact) mass is 265 g/mol. The van der Waals surface area contributed by atoms with E-state index < -0.39 is 0 Å². The number of carbonyl (C=O) groups is 1. The van der Waals surface area contributed by atoms with E-state index in [1.165, 1.54) is 43.5 Å². The summed E-state index contributed by atoms with van der Waals surface area (Å²) in [7, 11) is 0. The molecule has 1 aromatic carbocycles. The molecule has 1 N–H and O–H groups in total. The molecule has 4 heteroatoms.